The molecule has 1 aliphatic heterocycles. The van der Waals surface area contributed by atoms with Crippen molar-refractivity contribution in [2.75, 3.05) is 13.1 Å². The zero-order valence-corrected chi connectivity index (χ0v) is 11.4. The third-order valence-electron chi connectivity index (χ3n) is 3.06. The lowest BCUT2D eigenvalue weighted by Crippen LogP contribution is -2.30. The van der Waals surface area contributed by atoms with E-state index < -0.39 is 11.9 Å². The van der Waals surface area contributed by atoms with Crippen molar-refractivity contribution in [3.63, 3.8) is 0 Å². The van der Waals surface area contributed by atoms with Crippen LogP contribution in [-0.4, -0.2) is 35.2 Å². The van der Waals surface area contributed by atoms with Crippen LogP contribution in [0.2, 0.25) is 0 Å². The van der Waals surface area contributed by atoms with E-state index in [4.69, 9.17) is 10.2 Å². The zero-order valence-electron chi connectivity index (χ0n) is 11.4. The van der Waals surface area contributed by atoms with Gasteiger partial charge in [-0.3, -0.25) is 9.59 Å². The molecule has 1 aliphatic rings. The van der Waals surface area contributed by atoms with Gasteiger partial charge in [0.05, 0.1) is 6.42 Å². The van der Waals surface area contributed by atoms with E-state index in [1.165, 1.54) is 0 Å². The van der Waals surface area contributed by atoms with Gasteiger partial charge in [0.25, 0.3) is 0 Å². The highest BCUT2D eigenvalue weighted by Gasteiger charge is 2.15. The molecule has 5 heteroatoms. The van der Waals surface area contributed by atoms with E-state index in [9.17, 15) is 9.59 Å². The van der Waals surface area contributed by atoms with Crippen LogP contribution in [0, 0.1) is 5.92 Å². The molecular weight excluding hydrogens is 258 g/mol. The van der Waals surface area contributed by atoms with Gasteiger partial charge in [-0.25, -0.2) is 0 Å². The first-order valence-electron chi connectivity index (χ1n) is 6.76. The molecule has 0 spiro atoms. The molecule has 1 saturated heterocycles. The summed E-state index contributed by atoms with van der Waals surface area (Å²) in [6, 6.07) is 9.13. The first-order valence-corrected chi connectivity index (χ1v) is 6.76. The van der Waals surface area contributed by atoms with E-state index in [0.29, 0.717) is 12.3 Å². The van der Waals surface area contributed by atoms with E-state index in [2.05, 4.69) is 5.32 Å². The lowest BCUT2D eigenvalue weighted by Gasteiger charge is -2.20. The number of carboxylic acid groups (broad SMARTS) is 2. The Morgan fingerprint density at radius 2 is 1.85 bits per heavy atom. The molecule has 5 nitrogen and oxygen atoms in total. The second-order valence-corrected chi connectivity index (χ2v) is 4.87. The Morgan fingerprint density at radius 1 is 1.15 bits per heavy atom. The number of rotatable bonds is 4. The minimum absolute atomic E-state index is 0.112. The highest BCUT2D eigenvalue weighted by Crippen LogP contribution is 2.13. The Morgan fingerprint density at radius 3 is 2.35 bits per heavy atom. The van der Waals surface area contributed by atoms with Crippen LogP contribution in [0.25, 0.3) is 0 Å². The molecule has 0 saturated carbocycles. The fourth-order valence-corrected chi connectivity index (χ4v) is 2.12. The molecular formula is C15H21NO4. The van der Waals surface area contributed by atoms with Crippen LogP contribution in [0.4, 0.5) is 0 Å². The van der Waals surface area contributed by atoms with Crippen molar-refractivity contribution in [2.24, 2.45) is 5.92 Å². The molecule has 0 aromatic heterocycles. The molecule has 1 fully saturated rings. The van der Waals surface area contributed by atoms with Crippen LogP contribution >= 0.6 is 0 Å². The molecule has 1 aromatic rings. The summed E-state index contributed by atoms with van der Waals surface area (Å²) in [7, 11) is 0. The minimum atomic E-state index is -0.786. The van der Waals surface area contributed by atoms with E-state index in [0.717, 1.165) is 31.5 Å². The molecule has 1 atom stereocenters. The number of carboxylic acids is 2. The number of piperidine rings is 1. The predicted molar refractivity (Wildman–Crippen MR) is 75.6 cm³/mol. The third kappa shape index (κ3) is 7.53. The molecule has 3 N–H and O–H groups in total. The number of benzene rings is 1. The largest absolute Gasteiger partial charge is 0.481 e. The molecule has 0 bridgehead atoms. The zero-order chi connectivity index (χ0) is 14.8. The molecule has 2 rings (SSSR count). The standard InChI is InChI=1S/C8H8O2.C7H13NO2/c9-8(10)6-7-4-2-1-3-5-7;9-7(10)4-6-2-1-3-8-5-6/h1-5H,6H2,(H,9,10);6,8H,1-5H2,(H,9,10). The van der Waals surface area contributed by atoms with Crippen LogP contribution in [-0.2, 0) is 16.0 Å². The minimum Gasteiger partial charge on any atom is -0.481 e. The average molecular weight is 279 g/mol. The summed E-state index contributed by atoms with van der Waals surface area (Å²) in [5, 5.41) is 20.0. The second-order valence-electron chi connectivity index (χ2n) is 4.87. The van der Waals surface area contributed by atoms with Crippen LogP contribution in [0.15, 0.2) is 30.3 Å². The van der Waals surface area contributed by atoms with Gasteiger partial charge in [-0.15, -0.1) is 0 Å². The monoisotopic (exact) mass is 279 g/mol. The summed E-state index contributed by atoms with van der Waals surface area (Å²) in [5.74, 6) is -1.09. The first-order chi connectivity index (χ1) is 9.58. The molecule has 1 aromatic carbocycles. The number of aliphatic carboxylic acids is 2. The summed E-state index contributed by atoms with van der Waals surface area (Å²) < 4.78 is 0. The Hall–Kier alpha value is -1.88. The topological polar surface area (TPSA) is 86.6 Å². The van der Waals surface area contributed by atoms with Crippen molar-refractivity contribution in [1.29, 1.82) is 0 Å². The number of carbonyl (C=O) groups is 2. The number of hydrogen-bond acceptors (Lipinski definition) is 3. The van der Waals surface area contributed by atoms with Gasteiger partial charge in [-0.05, 0) is 37.4 Å². The van der Waals surface area contributed by atoms with E-state index in [1.807, 2.05) is 18.2 Å². The van der Waals surface area contributed by atoms with Gasteiger partial charge in [0, 0.05) is 6.42 Å². The Kier molecular flexibility index (Phi) is 7.35. The maximum atomic E-state index is 10.2. The molecule has 110 valence electrons. The Labute approximate surface area is 118 Å². The van der Waals surface area contributed by atoms with Crippen LogP contribution in [0.3, 0.4) is 0 Å². The fourth-order valence-electron chi connectivity index (χ4n) is 2.12. The summed E-state index contributed by atoms with van der Waals surface area (Å²) in [6.07, 6.45) is 2.63. The van der Waals surface area contributed by atoms with Gasteiger partial charge in [0.15, 0.2) is 0 Å². The summed E-state index contributed by atoms with van der Waals surface area (Å²) in [5.41, 5.74) is 0.843. The molecule has 0 amide bonds. The van der Waals surface area contributed by atoms with Gasteiger partial charge < -0.3 is 15.5 Å². The van der Waals surface area contributed by atoms with Gasteiger partial charge in [0.1, 0.15) is 0 Å². The first kappa shape index (κ1) is 16.2. The highest BCUT2D eigenvalue weighted by atomic mass is 16.4. The SMILES string of the molecule is O=C(O)CC1CCCNC1.O=C(O)Cc1ccccc1. The van der Waals surface area contributed by atoms with Gasteiger partial charge in [-0.1, -0.05) is 30.3 Å². The lowest BCUT2D eigenvalue weighted by molar-refractivity contribution is -0.138. The molecule has 1 heterocycles. The van der Waals surface area contributed by atoms with Gasteiger partial charge in [0.2, 0.25) is 0 Å². The van der Waals surface area contributed by atoms with Crippen LogP contribution in [0.5, 0.6) is 0 Å². The molecule has 0 radical (unpaired) electrons. The van der Waals surface area contributed by atoms with Gasteiger partial charge in [-0.2, -0.15) is 0 Å². The Bertz CT molecular complexity index is 413. The fraction of sp³-hybridized carbons (Fsp3) is 0.467. The van der Waals surface area contributed by atoms with Crippen molar-refractivity contribution in [3.05, 3.63) is 35.9 Å². The van der Waals surface area contributed by atoms with E-state index in [-0.39, 0.29) is 6.42 Å². The smallest absolute Gasteiger partial charge is 0.307 e. The van der Waals surface area contributed by atoms with Crippen LogP contribution < -0.4 is 5.32 Å². The maximum Gasteiger partial charge on any atom is 0.307 e. The molecule has 1 unspecified atom stereocenters. The van der Waals surface area contributed by atoms with Crippen molar-refractivity contribution < 1.29 is 19.8 Å². The summed E-state index contributed by atoms with van der Waals surface area (Å²) in [6.45, 7) is 1.93. The van der Waals surface area contributed by atoms with Crippen molar-refractivity contribution in [3.8, 4) is 0 Å². The number of nitrogens with one attached hydrogen (secondary N) is 1. The lowest BCUT2D eigenvalue weighted by atomic mass is 9.96. The normalized spacial score (nSPS) is 17.7. The molecule has 0 aliphatic carbocycles. The summed E-state index contributed by atoms with van der Waals surface area (Å²) in [4.78, 5) is 20.4. The highest BCUT2D eigenvalue weighted by molar-refractivity contribution is 5.70. The van der Waals surface area contributed by atoms with E-state index >= 15 is 0 Å². The average Bonchev–Trinajstić information content (AvgIpc) is 2.40. The maximum absolute atomic E-state index is 10.2. The van der Waals surface area contributed by atoms with E-state index in [1.54, 1.807) is 12.1 Å². The quantitative estimate of drug-likeness (QED) is 0.782. The van der Waals surface area contributed by atoms with Crippen molar-refractivity contribution in [2.45, 2.75) is 25.7 Å². The Balaban J connectivity index is 0.000000200. The van der Waals surface area contributed by atoms with Crippen LogP contribution in [0.1, 0.15) is 24.8 Å². The second kappa shape index (κ2) is 9.09. The van der Waals surface area contributed by atoms with Gasteiger partial charge >= 0.3 is 11.9 Å². The molecule has 20 heavy (non-hydrogen) atoms. The van der Waals surface area contributed by atoms with Crippen molar-refractivity contribution >= 4 is 11.9 Å². The summed E-state index contributed by atoms with van der Waals surface area (Å²) >= 11 is 0. The third-order valence-corrected chi connectivity index (χ3v) is 3.06. The number of hydrogen-bond donors (Lipinski definition) is 3. The van der Waals surface area contributed by atoms with Crippen molar-refractivity contribution in [1.82, 2.24) is 5.32 Å². The predicted octanol–water partition coefficient (Wildman–Crippen LogP) is 1.77.